The second-order valence-electron chi connectivity index (χ2n) is 7.21. The monoisotopic (exact) mass is 333 g/mol. The number of guanidine groups is 1. The lowest BCUT2D eigenvalue weighted by Crippen LogP contribution is -2.31. The number of aromatic nitrogens is 2. The number of ether oxygens (including phenoxy) is 1. The molecule has 1 atom stereocenters. The second-order valence-corrected chi connectivity index (χ2v) is 7.21. The van der Waals surface area contributed by atoms with Gasteiger partial charge in [0.1, 0.15) is 11.4 Å². The van der Waals surface area contributed by atoms with Gasteiger partial charge in [0.05, 0.1) is 11.0 Å². The first-order chi connectivity index (χ1) is 12.0. The summed E-state index contributed by atoms with van der Waals surface area (Å²) in [5.41, 5.74) is 10.1. The van der Waals surface area contributed by atoms with Crippen LogP contribution in [0.4, 0.5) is 5.95 Å². The summed E-state index contributed by atoms with van der Waals surface area (Å²) < 4.78 is 8.08. The van der Waals surface area contributed by atoms with Crippen molar-refractivity contribution in [2.24, 2.45) is 10.7 Å². The molecular formula is C19H19N5O. The number of hydrogen-bond donors (Lipinski definition) is 2. The van der Waals surface area contributed by atoms with E-state index in [-0.39, 0.29) is 11.8 Å². The quantitative estimate of drug-likeness (QED) is 0.717. The average Bonchev–Trinajstić information content (AvgIpc) is 3.08. The van der Waals surface area contributed by atoms with Gasteiger partial charge in [0.2, 0.25) is 5.95 Å². The lowest BCUT2D eigenvalue weighted by Gasteiger charge is -2.24. The summed E-state index contributed by atoms with van der Waals surface area (Å²) in [5.74, 6) is 2.05. The Bertz CT molecular complexity index is 1030. The summed E-state index contributed by atoms with van der Waals surface area (Å²) in [7, 11) is 0. The largest absolute Gasteiger partial charge is 0.487 e. The zero-order chi connectivity index (χ0) is 17.2. The molecular weight excluding hydrogens is 314 g/mol. The van der Waals surface area contributed by atoms with Gasteiger partial charge in [0.15, 0.2) is 12.1 Å². The number of hydrogen-bond acceptors (Lipinski definition) is 5. The van der Waals surface area contributed by atoms with Crippen LogP contribution in [0.3, 0.4) is 0 Å². The van der Waals surface area contributed by atoms with Gasteiger partial charge in [-0.15, -0.1) is 0 Å². The number of aliphatic imine (C=N–C) groups is 1. The van der Waals surface area contributed by atoms with Crippen LogP contribution >= 0.6 is 0 Å². The van der Waals surface area contributed by atoms with Gasteiger partial charge in [-0.1, -0.05) is 18.2 Å². The number of nitrogens with zero attached hydrogens (tertiary/aromatic N) is 3. The van der Waals surface area contributed by atoms with E-state index >= 15 is 0 Å². The molecule has 0 amide bonds. The number of imidazole rings is 1. The minimum Gasteiger partial charge on any atom is -0.487 e. The fraction of sp³-hybridized carbons (Fsp3) is 0.263. The molecule has 0 fully saturated rings. The van der Waals surface area contributed by atoms with Crippen molar-refractivity contribution in [2.75, 3.05) is 5.32 Å². The van der Waals surface area contributed by atoms with Crippen molar-refractivity contribution in [3.05, 3.63) is 53.6 Å². The lowest BCUT2D eigenvalue weighted by atomic mass is 9.99. The van der Waals surface area contributed by atoms with Crippen LogP contribution in [0.1, 0.15) is 31.1 Å². The number of anilines is 1. The molecule has 0 aliphatic carbocycles. The fourth-order valence-corrected chi connectivity index (χ4v) is 3.73. The Morgan fingerprint density at radius 3 is 2.96 bits per heavy atom. The topological polar surface area (TPSA) is 77.5 Å². The molecule has 6 heteroatoms. The first kappa shape index (κ1) is 14.3. The van der Waals surface area contributed by atoms with Crippen molar-refractivity contribution in [2.45, 2.75) is 32.0 Å². The molecule has 0 unspecified atom stereocenters. The van der Waals surface area contributed by atoms with Gasteiger partial charge in [-0.2, -0.15) is 0 Å². The van der Waals surface area contributed by atoms with Crippen LogP contribution < -0.4 is 15.8 Å². The first-order valence-electron chi connectivity index (χ1n) is 8.39. The average molecular weight is 333 g/mol. The van der Waals surface area contributed by atoms with E-state index in [2.05, 4.69) is 51.9 Å². The van der Waals surface area contributed by atoms with Crippen molar-refractivity contribution in [1.29, 1.82) is 0 Å². The number of rotatable bonds is 1. The van der Waals surface area contributed by atoms with E-state index in [1.54, 1.807) is 0 Å². The van der Waals surface area contributed by atoms with Crippen LogP contribution in [-0.4, -0.2) is 21.1 Å². The summed E-state index contributed by atoms with van der Waals surface area (Å²) in [6.07, 6.45) is 0.649. The van der Waals surface area contributed by atoms with Gasteiger partial charge < -0.3 is 10.5 Å². The maximum absolute atomic E-state index is 6.02. The molecule has 0 saturated heterocycles. The third kappa shape index (κ3) is 2.17. The number of benzene rings is 2. The number of nitrogens with two attached hydrogens (primary N) is 1. The van der Waals surface area contributed by atoms with Crippen LogP contribution in [0, 0.1) is 0 Å². The Morgan fingerprint density at radius 1 is 1.24 bits per heavy atom. The van der Waals surface area contributed by atoms with Gasteiger partial charge in [-0.05, 0) is 49.2 Å². The minimum absolute atomic E-state index is 0.162. The van der Waals surface area contributed by atoms with Crippen molar-refractivity contribution in [1.82, 2.24) is 9.55 Å². The Morgan fingerprint density at radius 2 is 2.08 bits per heavy atom. The molecule has 1 aromatic heterocycles. The van der Waals surface area contributed by atoms with Crippen molar-refractivity contribution in [3.8, 4) is 5.75 Å². The Balaban J connectivity index is 1.67. The first-order valence-corrected chi connectivity index (χ1v) is 8.39. The third-order valence-corrected chi connectivity index (χ3v) is 4.73. The van der Waals surface area contributed by atoms with Crippen LogP contribution in [0.2, 0.25) is 0 Å². The highest BCUT2D eigenvalue weighted by Gasteiger charge is 2.32. The summed E-state index contributed by atoms with van der Waals surface area (Å²) in [4.78, 5) is 9.28. The summed E-state index contributed by atoms with van der Waals surface area (Å²) in [5, 5.41) is 3.07. The Hall–Kier alpha value is -3.02. The van der Waals surface area contributed by atoms with Crippen LogP contribution in [-0.2, 0) is 6.42 Å². The normalized spacial score (nSPS) is 20.4. The highest BCUT2D eigenvalue weighted by Crippen LogP contribution is 2.38. The SMILES string of the molecule is CC1(C)Cc2cc([C@@H]3N=C(N)Nc4nc5ccccc5n43)ccc2O1. The zero-order valence-electron chi connectivity index (χ0n) is 14.2. The maximum atomic E-state index is 6.02. The molecule has 2 aliphatic rings. The van der Waals surface area contributed by atoms with Crippen molar-refractivity contribution in [3.63, 3.8) is 0 Å². The van der Waals surface area contributed by atoms with Gasteiger partial charge >= 0.3 is 0 Å². The maximum Gasteiger partial charge on any atom is 0.212 e. The number of para-hydroxylation sites is 2. The number of nitrogens with one attached hydrogen (secondary N) is 1. The minimum atomic E-state index is -0.238. The molecule has 0 spiro atoms. The van der Waals surface area contributed by atoms with E-state index in [0.717, 1.165) is 34.7 Å². The van der Waals surface area contributed by atoms with E-state index in [1.807, 2.05) is 24.3 Å². The summed E-state index contributed by atoms with van der Waals surface area (Å²) in [6, 6.07) is 14.3. The zero-order valence-corrected chi connectivity index (χ0v) is 14.2. The van der Waals surface area contributed by atoms with E-state index in [4.69, 9.17) is 10.5 Å². The molecule has 25 heavy (non-hydrogen) atoms. The molecule has 0 saturated carbocycles. The van der Waals surface area contributed by atoms with Gasteiger partial charge in [0, 0.05) is 6.42 Å². The number of fused-ring (bicyclic) bond motifs is 4. The highest BCUT2D eigenvalue weighted by atomic mass is 16.5. The van der Waals surface area contributed by atoms with Crippen molar-refractivity contribution < 1.29 is 4.74 Å². The van der Waals surface area contributed by atoms with Gasteiger partial charge in [-0.3, -0.25) is 9.88 Å². The predicted molar refractivity (Wildman–Crippen MR) is 98.0 cm³/mol. The van der Waals surface area contributed by atoms with Crippen LogP contribution in [0.25, 0.3) is 11.0 Å². The standard InChI is InChI=1S/C19H19N5O/c1-19(2)10-12-9-11(7-8-15(12)25-19)16-22-17(20)23-18-21-13-5-3-4-6-14(13)24(16)18/h3-9,16H,10H2,1-2H3,(H3,20,21,22,23)/t16-/m1/s1. The molecule has 3 aromatic rings. The smallest absolute Gasteiger partial charge is 0.212 e. The molecule has 3 heterocycles. The van der Waals surface area contributed by atoms with Crippen LogP contribution in [0.5, 0.6) is 5.75 Å². The molecule has 3 N–H and O–H groups in total. The van der Waals surface area contributed by atoms with Gasteiger partial charge in [-0.25, -0.2) is 9.98 Å². The van der Waals surface area contributed by atoms with E-state index in [1.165, 1.54) is 5.56 Å². The van der Waals surface area contributed by atoms with Crippen molar-refractivity contribution >= 4 is 22.9 Å². The van der Waals surface area contributed by atoms with Gasteiger partial charge in [0.25, 0.3) is 0 Å². The lowest BCUT2D eigenvalue weighted by molar-refractivity contribution is 0.138. The second kappa shape index (κ2) is 4.75. The molecule has 2 aromatic carbocycles. The molecule has 126 valence electrons. The Kier molecular flexibility index (Phi) is 2.72. The molecule has 0 radical (unpaired) electrons. The predicted octanol–water partition coefficient (Wildman–Crippen LogP) is 3.04. The van der Waals surface area contributed by atoms with E-state index in [0.29, 0.717) is 5.96 Å². The Labute approximate surface area is 145 Å². The molecule has 0 bridgehead atoms. The van der Waals surface area contributed by atoms with E-state index in [9.17, 15) is 0 Å². The molecule has 5 rings (SSSR count). The molecule has 2 aliphatic heterocycles. The van der Waals surface area contributed by atoms with Crippen LogP contribution in [0.15, 0.2) is 47.5 Å². The van der Waals surface area contributed by atoms with E-state index < -0.39 is 0 Å². The third-order valence-electron chi connectivity index (χ3n) is 4.73. The fourth-order valence-electron chi connectivity index (χ4n) is 3.73. The highest BCUT2D eigenvalue weighted by molar-refractivity contribution is 5.94. The molecule has 6 nitrogen and oxygen atoms in total. The summed E-state index contributed by atoms with van der Waals surface area (Å²) in [6.45, 7) is 4.21. The summed E-state index contributed by atoms with van der Waals surface area (Å²) >= 11 is 0.